The number of alkyl halides is 3. The summed E-state index contributed by atoms with van der Waals surface area (Å²) in [5, 5.41) is 25.6. The minimum Gasteiger partial charge on any atom is -0.497 e. The van der Waals surface area contributed by atoms with Crippen LogP contribution in [0.15, 0.2) is 30.4 Å². The van der Waals surface area contributed by atoms with E-state index in [0.717, 1.165) is 9.80 Å². The molecule has 7 rings (SSSR count). The van der Waals surface area contributed by atoms with E-state index in [9.17, 15) is 51.0 Å². The van der Waals surface area contributed by atoms with Crippen LogP contribution in [0.4, 0.5) is 18.0 Å². The molecule has 3 aliphatic heterocycles. The number of aliphatic hydroxyl groups is 1. The van der Waals surface area contributed by atoms with Gasteiger partial charge in [0.15, 0.2) is 11.4 Å². The van der Waals surface area contributed by atoms with Crippen molar-refractivity contribution in [3.63, 3.8) is 0 Å². The van der Waals surface area contributed by atoms with Gasteiger partial charge in [-0.2, -0.15) is 13.2 Å². The Morgan fingerprint density at radius 3 is 2.50 bits per heavy atom. The Balaban J connectivity index is 1.34. The normalized spacial score (nSPS) is 30.8. The fraction of sp³-hybridized carbons (Fsp3) is 0.634. The van der Waals surface area contributed by atoms with Gasteiger partial charge < -0.3 is 29.9 Å². The first-order valence-corrected chi connectivity index (χ1v) is 21.8. The van der Waals surface area contributed by atoms with Gasteiger partial charge in [0.2, 0.25) is 21.8 Å². The van der Waals surface area contributed by atoms with Crippen molar-refractivity contribution < 1.29 is 60.5 Å². The van der Waals surface area contributed by atoms with Crippen LogP contribution in [0.3, 0.4) is 0 Å². The van der Waals surface area contributed by atoms with Crippen LogP contribution < -0.4 is 19.5 Å². The third-order valence-corrected chi connectivity index (χ3v) is 14.9. The molecule has 4 heterocycles. The van der Waals surface area contributed by atoms with Gasteiger partial charge in [0, 0.05) is 36.3 Å². The van der Waals surface area contributed by atoms with Crippen LogP contribution in [0.1, 0.15) is 103 Å². The molecule has 1 spiro atoms. The number of sulfonamides is 1. The topological polar surface area (TPSA) is 205 Å². The summed E-state index contributed by atoms with van der Waals surface area (Å²) in [5.74, 6) is -4.04. The number of methoxy groups -OCH3 is 1. The van der Waals surface area contributed by atoms with Gasteiger partial charge in [0.1, 0.15) is 29.0 Å². The van der Waals surface area contributed by atoms with Gasteiger partial charge in [-0.3, -0.25) is 24.0 Å². The molecular weight excluding hydrogens is 812 g/mol. The van der Waals surface area contributed by atoms with E-state index in [2.05, 4.69) is 15.0 Å². The number of carbonyl (C=O) groups is 4. The van der Waals surface area contributed by atoms with E-state index in [1.165, 1.54) is 39.2 Å². The number of aromatic nitrogens is 1. The van der Waals surface area contributed by atoms with Gasteiger partial charge in [-0.25, -0.2) is 18.2 Å². The number of nitrogens with zero attached hydrogens (tertiary/aromatic N) is 3. The predicted molar refractivity (Wildman–Crippen MR) is 210 cm³/mol. The van der Waals surface area contributed by atoms with E-state index in [4.69, 9.17) is 9.47 Å². The second kappa shape index (κ2) is 15.1. The van der Waals surface area contributed by atoms with Crippen molar-refractivity contribution in [1.82, 2.24) is 24.8 Å². The van der Waals surface area contributed by atoms with Crippen molar-refractivity contribution in [3.8, 4) is 11.5 Å². The van der Waals surface area contributed by atoms with Gasteiger partial charge in [0.05, 0.1) is 29.5 Å². The largest absolute Gasteiger partial charge is 0.497 e. The zero-order valence-electron chi connectivity index (χ0n) is 34.2. The highest BCUT2D eigenvalue weighted by atomic mass is 32.2. The lowest BCUT2D eigenvalue weighted by Gasteiger charge is -2.44. The van der Waals surface area contributed by atoms with E-state index in [1.54, 1.807) is 19.9 Å². The number of carboxylic acid groups (broad SMARTS) is 1. The highest BCUT2D eigenvalue weighted by molar-refractivity contribution is 7.91. The second-order valence-electron chi connectivity index (χ2n) is 18.0. The summed E-state index contributed by atoms with van der Waals surface area (Å²) < 4.78 is 84.0. The van der Waals surface area contributed by atoms with Crippen molar-refractivity contribution in [2.24, 2.45) is 11.8 Å². The summed E-state index contributed by atoms with van der Waals surface area (Å²) in [7, 11) is -2.77. The van der Waals surface area contributed by atoms with Crippen molar-refractivity contribution in [2.45, 2.75) is 132 Å². The molecule has 6 atom stereocenters. The number of hydrogen-bond donors (Lipinski definition) is 4. The lowest BCUT2D eigenvalue weighted by Crippen LogP contribution is -2.59. The van der Waals surface area contributed by atoms with Crippen LogP contribution in [0, 0.1) is 11.8 Å². The third-order valence-electron chi connectivity index (χ3n) is 12.7. The zero-order valence-corrected chi connectivity index (χ0v) is 35.0. The fourth-order valence-corrected chi connectivity index (χ4v) is 10.5. The van der Waals surface area contributed by atoms with Crippen LogP contribution in [-0.2, 0) is 36.2 Å². The van der Waals surface area contributed by atoms with Crippen LogP contribution in [-0.4, -0.2) is 105 Å². The van der Waals surface area contributed by atoms with Gasteiger partial charge in [-0.15, -0.1) is 0 Å². The Labute approximate surface area is 346 Å². The van der Waals surface area contributed by atoms with Gasteiger partial charge in [0.25, 0.3) is 5.91 Å². The predicted octanol–water partition coefficient (Wildman–Crippen LogP) is 4.99. The maximum Gasteiger partial charge on any atom is 0.437 e. The second-order valence-corrected chi connectivity index (χ2v) is 20.2. The Morgan fingerprint density at radius 1 is 1.15 bits per heavy atom. The molecule has 19 heteroatoms. The number of allylic oxidation sites excluding steroid dienone is 1. The number of fused-ring (bicyclic) bond motifs is 5. The molecule has 2 saturated carbocycles. The summed E-state index contributed by atoms with van der Waals surface area (Å²) in [4.78, 5) is 62.6. The number of amides is 4. The summed E-state index contributed by atoms with van der Waals surface area (Å²) in [6.45, 7) is 5.79. The molecule has 2 aliphatic carbocycles. The minimum atomic E-state index is -5.08. The molecule has 0 unspecified atom stereocenters. The van der Waals surface area contributed by atoms with Gasteiger partial charge >= 0.3 is 12.3 Å². The van der Waals surface area contributed by atoms with Crippen LogP contribution in [0.2, 0.25) is 0 Å². The monoisotopic (exact) mass is 863 g/mol. The SMILES string of the molecule is COc1ccc2nc(C(F)(F)F)c3c(c2c1)[C@](C)(O)C[C@]1(C[C@H]2C(=O)N[C@]4(C(=O)NS(=O)(=O)C5(C)CC5)C[C@H]4/C=C\CCCCC[C@H](N(CC(C)C)C(=O)O)C(=O)N2C1)O3. The third kappa shape index (κ3) is 7.86. The molecule has 4 amide bonds. The summed E-state index contributed by atoms with van der Waals surface area (Å²) in [6, 6.07) is 1.31. The quantitative estimate of drug-likeness (QED) is 0.273. The molecule has 60 heavy (non-hydrogen) atoms. The number of pyridine rings is 1. The highest BCUT2D eigenvalue weighted by Crippen LogP contribution is 2.55. The summed E-state index contributed by atoms with van der Waals surface area (Å²) in [6.07, 6.45) is -0.775. The standard InChI is InChI=1S/C41H52F3N5O10S/c1-23(2)20-48(36(53)54)28-12-10-8-6-7-9-11-24-18-40(24,35(52)47-60(56,57)37(3)15-16-37)46-33(50)29-19-39(22-49(29)34(28)51)21-38(4,55)30-26-17-25(58-5)13-14-27(26)45-32(31(30)59-39)41(42,43)44/h9,11,13-14,17,23-24,28-29,55H,6-8,10,12,15-16,18-22H2,1-5H3,(H,46,50)(H,47,52)(H,53,54)/b11-9-/t24-,28+,29+,38-,39+,40-/m1/s1. The fourth-order valence-electron chi connectivity index (χ4n) is 9.20. The molecule has 3 fully saturated rings. The minimum absolute atomic E-state index is 0.0264. The smallest absolute Gasteiger partial charge is 0.437 e. The van der Waals surface area contributed by atoms with Crippen molar-refractivity contribution >= 4 is 44.7 Å². The first-order valence-electron chi connectivity index (χ1n) is 20.3. The molecule has 1 aromatic carbocycles. The van der Waals surface area contributed by atoms with Gasteiger partial charge in [-0.05, 0) is 76.5 Å². The number of ether oxygens (including phenoxy) is 2. The van der Waals surface area contributed by atoms with E-state index in [0.29, 0.717) is 38.5 Å². The lowest BCUT2D eigenvalue weighted by atomic mass is 9.77. The van der Waals surface area contributed by atoms with Crippen LogP contribution in [0.5, 0.6) is 11.5 Å². The molecule has 1 aromatic heterocycles. The number of halogens is 3. The molecule has 0 radical (unpaired) electrons. The number of nitrogens with one attached hydrogen (secondary N) is 2. The number of rotatable bonds is 7. The zero-order chi connectivity index (χ0) is 43.8. The molecule has 1 saturated heterocycles. The van der Waals surface area contributed by atoms with Gasteiger partial charge in [-0.1, -0.05) is 38.8 Å². The highest BCUT2D eigenvalue weighted by Gasteiger charge is 2.65. The van der Waals surface area contributed by atoms with E-state index >= 15 is 0 Å². The summed E-state index contributed by atoms with van der Waals surface area (Å²) in [5.41, 5.74) is -7.44. The molecule has 15 nitrogen and oxygen atoms in total. The first kappa shape index (κ1) is 43.4. The first-order chi connectivity index (χ1) is 28.0. The average molecular weight is 864 g/mol. The van der Waals surface area contributed by atoms with Crippen molar-refractivity contribution in [1.29, 1.82) is 0 Å². The Bertz CT molecular complexity index is 2250. The molecule has 328 valence electrons. The number of benzene rings is 1. The number of hydrogen-bond acceptors (Lipinski definition) is 10. The molecule has 2 aromatic rings. The maximum atomic E-state index is 15.0. The lowest BCUT2D eigenvalue weighted by molar-refractivity contribution is -0.147. The maximum absolute atomic E-state index is 15.0. The molecular formula is C41H52F3N5O10S. The Morgan fingerprint density at radius 2 is 1.87 bits per heavy atom. The Kier molecular flexibility index (Phi) is 10.9. The summed E-state index contributed by atoms with van der Waals surface area (Å²) >= 11 is 0. The Hall–Kier alpha value is -4.65. The molecule has 0 bridgehead atoms. The van der Waals surface area contributed by atoms with E-state index in [-0.39, 0.29) is 47.5 Å². The average Bonchev–Trinajstić information content (AvgIpc) is 4.04. The van der Waals surface area contributed by atoms with E-state index in [1.807, 2.05) is 6.08 Å². The molecule has 5 aliphatic rings. The van der Waals surface area contributed by atoms with Crippen molar-refractivity contribution in [2.75, 3.05) is 20.2 Å². The van der Waals surface area contributed by atoms with E-state index < -0.39 is 110 Å². The van der Waals surface area contributed by atoms with Crippen LogP contribution >= 0.6 is 0 Å². The van der Waals surface area contributed by atoms with Crippen LogP contribution in [0.25, 0.3) is 10.9 Å². The molecule has 4 N–H and O–H groups in total. The van der Waals surface area contributed by atoms with Crippen molar-refractivity contribution in [3.05, 3.63) is 41.6 Å². The number of carbonyl (C=O) groups excluding carboxylic acids is 3.